The highest BCUT2D eigenvalue weighted by molar-refractivity contribution is 5.85. The van der Waals surface area contributed by atoms with E-state index in [1.807, 2.05) is 12.1 Å². The van der Waals surface area contributed by atoms with Crippen LogP contribution in [0.4, 0.5) is 0 Å². The zero-order chi connectivity index (χ0) is 12.8. The van der Waals surface area contributed by atoms with Gasteiger partial charge in [0.1, 0.15) is 0 Å². The Morgan fingerprint density at radius 1 is 1.17 bits per heavy atom. The average Bonchev–Trinajstić information content (AvgIpc) is 2.30. The molecular formula is C13H22ClNO3. The van der Waals surface area contributed by atoms with E-state index in [2.05, 4.69) is 19.2 Å². The topological polar surface area (TPSA) is 50.7 Å². The van der Waals surface area contributed by atoms with Crippen LogP contribution >= 0.6 is 12.4 Å². The Labute approximate surface area is 115 Å². The van der Waals surface area contributed by atoms with Crippen LogP contribution in [0.1, 0.15) is 19.4 Å². The Kier molecular flexibility index (Phi) is 7.55. The summed E-state index contributed by atoms with van der Waals surface area (Å²) in [5.74, 6) is 1.52. The van der Waals surface area contributed by atoms with Crippen LogP contribution in [0, 0.1) is 5.92 Å². The molecule has 5 heteroatoms. The fourth-order valence-corrected chi connectivity index (χ4v) is 1.56. The summed E-state index contributed by atoms with van der Waals surface area (Å²) in [5, 5.41) is 13.1. The van der Waals surface area contributed by atoms with Crippen LogP contribution in [0.15, 0.2) is 12.1 Å². The van der Waals surface area contributed by atoms with E-state index in [9.17, 15) is 5.11 Å². The molecule has 0 fully saturated rings. The summed E-state index contributed by atoms with van der Waals surface area (Å²) in [5.41, 5.74) is 1.03. The van der Waals surface area contributed by atoms with Crippen molar-refractivity contribution in [2.45, 2.75) is 20.4 Å². The quantitative estimate of drug-likeness (QED) is 0.838. The number of phenols is 1. The molecule has 2 N–H and O–H groups in total. The molecule has 0 aliphatic carbocycles. The van der Waals surface area contributed by atoms with Gasteiger partial charge in [0.05, 0.1) is 14.2 Å². The highest BCUT2D eigenvalue weighted by Gasteiger charge is 2.10. The van der Waals surface area contributed by atoms with E-state index in [0.717, 1.165) is 18.7 Å². The molecule has 1 aromatic rings. The fraction of sp³-hybridized carbons (Fsp3) is 0.538. The molecule has 0 aliphatic rings. The molecule has 4 nitrogen and oxygen atoms in total. The normalized spacial score (nSPS) is 10.1. The third-order valence-electron chi connectivity index (χ3n) is 2.42. The first-order valence-corrected chi connectivity index (χ1v) is 5.73. The molecule has 18 heavy (non-hydrogen) atoms. The summed E-state index contributed by atoms with van der Waals surface area (Å²) in [7, 11) is 3.06. The lowest BCUT2D eigenvalue weighted by atomic mass is 10.1. The second kappa shape index (κ2) is 8.06. The van der Waals surface area contributed by atoms with Crippen LogP contribution in [0.3, 0.4) is 0 Å². The van der Waals surface area contributed by atoms with E-state index >= 15 is 0 Å². The molecule has 0 radical (unpaired) electrons. The molecule has 104 valence electrons. The number of aromatic hydroxyl groups is 1. The van der Waals surface area contributed by atoms with Gasteiger partial charge in [0.2, 0.25) is 5.75 Å². The lowest BCUT2D eigenvalue weighted by Gasteiger charge is -2.12. The van der Waals surface area contributed by atoms with Crippen molar-refractivity contribution in [3.8, 4) is 17.2 Å². The van der Waals surface area contributed by atoms with Gasteiger partial charge < -0.3 is 19.9 Å². The Balaban J connectivity index is 0.00000289. The maximum absolute atomic E-state index is 9.76. The SMILES string of the molecule is COc1cc(CNCC(C)C)cc(OC)c1O.Cl. The second-order valence-electron chi connectivity index (χ2n) is 4.37. The van der Waals surface area contributed by atoms with Gasteiger partial charge in [-0.2, -0.15) is 0 Å². The summed E-state index contributed by atoms with van der Waals surface area (Å²) in [6.45, 7) is 5.99. The molecule has 0 saturated carbocycles. The summed E-state index contributed by atoms with van der Waals surface area (Å²) in [6, 6.07) is 3.62. The first kappa shape index (κ1) is 16.9. The highest BCUT2D eigenvalue weighted by atomic mass is 35.5. The minimum absolute atomic E-state index is 0. The van der Waals surface area contributed by atoms with Crippen LogP contribution in [0.2, 0.25) is 0 Å². The van der Waals surface area contributed by atoms with Crippen LogP contribution in [-0.4, -0.2) is 25.9 Å². The van der Waals surface area contributed by atoms with Crippen molar-refractivity contribution in [3.05, 3.63) is 17.7 Å². The van der Waals surface area contributed by atoms with Crippen LogP contribution in [0.25, 0.3) is 0 Å². The molecule has 0 spiro atoms. The van der Waals surface area contributed by atoms with E-state index in [4.69, 9.17) is 9.47 Å². The van der Waals surface area contributed by atoms with Crippen molar-refractivity contribution in [1.82, 2.24) is 5.32 Å². The number of rotatable bonds is 6. The standard InChI is InChI=1S/C13H21NO3.ClH/c1-9(2)7-14-8-10-5-11(16-3)13(15)12(6-10)17-4;/h5-6,9,14-15H,7-8H2,1-4H3;1H. The van der Waals surface area contributed by atoms with Gasteiger partial charge in [-0.1, -0.05) is 13.8 Å². The molecule has 0 atom stereocenters. The van der Waals surface area contributed by atoms with Crippen molar-refractivity contribution >= 4 is 12.4 Å². The Morgan fingerprint density at radius 3 is 2.06 bits per heavy atom. The van der Waals surface area contributed by atoms with E-state index < -0.39 is 0 Å². The molecule has 0 heterocycles. The number of nitrogens with one attached hydrogen (secondary N) is 1. The third-order valence-corrected chi connectivity index (χ3v) is 2.42. The van der Waals surface area contributed by atoms with E-state index in [-0.39, 0.29) is 18.2 Å². The first-order chi connectivity index (χ1) is 8.08. The molecule has 0 unspecified atom stereocenters. The van der Waals surface area contributed by atoms with Crippen LogP contribution in [-0.2, 0) is 6.54 Å². The largest absolute Gasteiger partial charge is 0.502 e. The van der Waals surface area contributed by atoms with Gasteiger partial charge in [0.15, 0.2) is 11.5 Å². The van der Waals surface area contributed by atoms with Gasteiger partial charge in [-0.15, -0.1) is 12.4 Å². The monoisotopic (exact) mass is 275 g/mol. The number of benzene rings is 1. The number of phenolic OH excluding ortho intramolecular Hbond substituents is 1. The zero-order valence-electron chi connectivity index (χ0n) is 11.3. The zero-order valence-corrected chi connectivity index (χ0v) is 12.1. The molecule has 0 aliphatic heterocycles. The highest BCUT2D eigenvalue weighted by Crippen LogP contribution is 2.36. The van der Waals surface area contributed by atoms with E-state index in [1.165, 1.54) is 14.2 Å². The maximum Gasteiger partial charge on any atom is 0.200 e. The van der Waals surface area contributed by atoms with Gasteiger partial charge >= 0.3 is 0 Å². The van der Waals surface area contributed by atoms with Gasteiger partial charge in [0.25, 0.3) is 0 Å². The summed E-state index contributed by atoms with van der Waals surface area (Å²) >= 11 is 0. The number of halogens is 1. The lowest BCUT2D eigenvalue weighted by molar-refractivity contribution is 0.339. The summed E-state index contributed by atoms with van der Waals surface area (Å²) in [6.07, 6.45) is 0. The van der Waals surface area contributed by atoms with Crippen molar-refractivity contribution < 1.29 is 14.6 Å². The predicted octanol–water partition coefficient (Wildman–Crippen LogP) is 2.58. The van der Waals surface area contributed by atoms with Crippen LogP contribution in [0.5, 0.6) is 17.2 Å². The smallest absolute Gasteiger partial charge is 0.200 e. The molecule has 1 rings (SSSR count). The minimum atomic E-state index is 0. The molecular weight excluding hydrogens is 254 g/mol. The number of ether oxygens (including phenoxy) is 2. The molecule has 0 bridgehead atoms. The molecule has 0 aromatic heterocycles. The summed E-state index contributed by atoms with van der Waals surface area (Å²) in [4.78, 5) is 0. The van der Waals surface area contributed by atoms with Gasteiger partial charge in [0, 0.05) is 6.54 Å². The minimum Gasteiger partial charge on any atom is -0.502 e. The van der Waals surface area contributed by atoms with E-state index in [1.54, 1.807) is 0 Å². The Morgan fingerprint density at radius 2 is 1.67 bits per heavy atom. The maximum atomic E-state index is 9.76. The third kappa shape index (κ3) is 4.63. The van der Waals surface area contributed by atoms with Gasteiger partial charge in [-0.25, -0.2) is 0 Å². The lowest BCUT2D eigenvalue weighted by Crippen LogP contribution is -2.18. The van der Waals surface area contributed by atoms with Crippen molar-refractivity contribution in [2.75, 3.05) is 20.8 Å². The second-order valence-corrected chi connectivity index (χ2v) is 4.37. The number of hydrogen-bond donors (Lipinski definition) is 2. The number of methoxy groups -OCH3 is 2. The van der Waals surface area contributed by atoms with E-state index in [0.29, 0.717) is 17.4 Å². The molecule has 0 amide bonds. The Bertz CT molecular complexity index is 344. The fourth-order valence-electron chi connectivity index (χ4n) is 1.56. The van der Waals surface area contributed by atoms with Crippen molar-refractivity contribution in [3.63, 3.8) is 0 Å². The van der Waals surface area contributed by atoms with Crippen molar-refractivity contribution in [1.29, 1.82) is 0 Å². The Hall–Kier alpha value is -1.13. The predicted molar refractivity (Wildman–Crippen MR) is 75.0 cm³/mol. The average molecular weight is 276 g/mol. The van der Waals surface area contributed by atoms with Gasteiger partial charge in [-0.05, 0) is 30.2 Å². The van der Waals surface area contributed by atoms with Crippen LogP contribution < -0.4 is 14.8 Å². The molecule has 0 saturated heterocycles. The molecule has 1 aromatic carbocycles. The summed E-state index contributed by atoms with van der Waals surface area (Å²) < 4.78 is 10.2. The van der Waals surface area contributed by atoms with Crippen molar-refractivity contribution in [2.24, 2.45) is 5.92 Å². The first-order valence-electron chi connectivity index (χ1n) is 5.73. The van der Waals surface area contributed by atoms with Gasteiger partial charge in [-0.3, -0.25) is 0 Å². The number of hydrogen-bond acceptors (Lipinski definition) is 4.